The summed E-state index contributed by atoms with van der Waals surface area (Å²) in [6.45, 7) is 0. The molecule has 0 bridgehead atoms. The van der Waals surface area contributed by atoms with Crippen LogP contribution in [-0.4, -0.2) is 13.4 Å². The summed E-state index contributed by atoms with van der Waals surface area (Å²) < 4.78 is 26.3. The molecule has 0 radical (unpaired) electrons. The molecule has 0 spiro atoms. The standard InChI is InChI=1S/C11H8Cl2N2O2S/c12-8-4-6-9(7-5-8)18(16,17)15-11-3-1-2-10(13)14-11/h1-7H,(H,14,15). The lowest BCUT2D eigenvalue weighted by atomic mass is 10.4. The number of aromatic nitrogens is 1. The summed E-state index contributed by atoms with van der Waals surface area (Å²) in [5, 5.41) is 0.682. The summed E-state index contributed by atoms with van der Waals surface area (Å²) in [4.78, 5) is 3.96. The van der Waals surface area contributed by atoms with Crippen molar-refractivity contribution in [3.05, 3.63) is 52.6 Å². The van der Waals surface area contributed by atoms with Crippen molar-refractivity contribution in [2.24, 2.45) is 0 Å². The molecule has 1 aromatic carbocycles. The average Bonchev–Trinajstić information content (AvgIpc) is 2.29. The Morgan fingerprint density at radius 3 is 2.28 bits per heavy atom. The number of pyridine rings is 1. The molecule has 0 aliphatic carbocycles. The van der Waals surface area contributed by atoms with Crippen LogP contribution in [-0.2, 0) is 10.0 Å². The van der Waals surface area contributed by atoms with Gasteiger partial charge in [-0.05, 0) is 36.4 Å². The van der Waals surface area contributed by atoms with Crippen LogP contribution >= 0.6 is 23.2 Å². The molecule has 0 unspecified atom stereocenters. The number of anilines is 1. The Bertz CT molecular complexity index is 657. The molecule has 0 amide bonds. The van der Waals surface area contributed by atoms with E-state index in [0.717, 1.165) is 0 Å². The Labute approximate surface area is 115 Å². The third-order valence-electron chi connectivity index (χ3n) is 2.08. The van der Waals surface area contributed by atoms with E-state index in [1.807, 2.05) is 0 Å². The molecule has 0 aliphatic heterocycles. The molecule has 0 saturated carbocycles. The van der Waals surface area contributed by atoms with Crippen LogP contribution in [0.3, 0.4) is 0 Å². The van der Waals surface area contributed by atoms with E-state index in [0.29, 0.717) is 5.02 Å². The minimum atomic E-state index is -3.68. The van der Waals surface area contributed by atoms with Crippen molar-refractivity contribution < 1.29 is 8.42 Å². The fourth-order valence-electron chi connectivity index (χ4n) is 1.28. The van der Waals surface area contributed by atoms with Crippen LogP contribution in [0.25, 0.3) is 0 Å². The van der Waals surface area contributed by atoms with Crippen molar-refractivity contribution in [1.82, 2.24) is 4.98 Å². The topological polar surface area (TPSA) is 59.1 Å². The number of benzene rings is 1. The van der Waals surface area contributed by atoms with Gasteiger partial charge in [-0.3, -0.25) is 4.72 Å². The monoisotopic (exact) mass is 302 g/mol. The first-order valence-electron chi connectivity index (χ1n) is 4.88. The van der Waals surface area contributed by atoms with Crippen molar-refractivity contribution in [2.45, 2.75) is 4.90 Å². The average molecular weight is 303 g/mol. The zero-order valence-electron chi connectivity index (χ0n) is 8.97. The number of hydrogen-bond donors (Lipinski definition) is 1. The summed E-state index contributed by atoms with van der Waals surface area (Å²) in [7, 11) is -3.68. The van der Waals surface area contributed by atoms with E-state index in [9.17, 15) is 8.42 Å². The number of nitrogens with one attached hydrogen (secondary N) is 1. The molecule has 94 valence electrons. The minimum absolute atomic E-state index is 0.105. The largest absolute Gasteiger partial charge is 0.263 e. The fourth-order valence-corrected chi connectivity index (χ4v) is 2.57. The number of halogens is 2. The van der Waals surface area contributed by atoms with Crippen LogP contribution in [0.5, 0.6) is 0 Å². The normalized spacial score (nSPS) is 11.2. The first-order chi connectivity index (χ1) is 8.47. The summed E-state index contributed by atoms with van der Waals surface area (Å²) in [6, 6.07) is 10.5. The van der Waals surface area contributed by atoms with Gasteiger partial charge >= 0.3 is 0 Å². The maximum Gasteiger partial charge on any atom is 0.263 e. The highest BCUT2D eigenvalue weighted by atomic mass is 35.5. The van der Waals surface area contributed by atoms with E-state index in [1.54, 1.807) is 12.1 Å². The Morgan fingerprint density at radius 1 is 1.00 bits per heavy atom. The number of hydrogen-bond acceptors (Lipinski definition) is 3. The highest BCUT2D eigenvalue weighted by Crippen LogP contribution is 2.18. The Morgan fingerprint density at radius 2 is 1.67 bits per heavy atom. The second-order valence-corrected chi connectivity index (χ2v) is 5.91. The van der Waals surface area contributed by atoms with Crippen molar-refractivity contribution in [2.75, 3.05) is 4.72 Å². The third kappa shape index (κ3) is 3.13. The molecule has 1 aromatic heterocycles. The van der Waals surface area contributed by atoms with E-state index in [2.05, 4.69) is 9.71 Å². The SMILES string of the molecule is O=S(=O)(Nc1cccc(Cl)n1)c1ccc(Cl)cc1. The van der Waals surface area contributed by atoms with Gasteiger partial charge in [0.05, 0.1) is 4.90 Å². The second-order valence-electron chi connectivity index (χ2n) is 3.40. The van der Waals surface area contributed by atoms with Gasteiger partial charge in [0, 0.05) is 5.02 Å². The van der Waals surface area contributed by atoms with Gasteiger partial charge in [-0.1, -0.05) is 29.3 Å². The first kappa shape index (κ1) is 13.1. The zero-order valence-corrected chi connectivity index (χ0v) is 11.3. The van der Waals surface area contributed by atoms with Gasteiger partial charge in [0.1, 0.15) is 11.0 Å². The molecule has 0 saturated heterocycles. The molecule has 4 nitrogen and oxygen atoms in total. The molecule has 2 aromatic rings. The van der Waals surface area contributed by atoms with Crippen LogP contribution < -0.4 is 4.72 Å². The molecule has 2 rings (SSSR count). The van der Waals surface area contributed by atoms with Gasteiger partial charge in [0.25, 0.3) is 10.0 Å². The van der Waals surface area contributed by atoms with Gasteiger partial charge in [-0.25, -0.2) is 13.4 Å². The number of sulfonamides is 1. The second kappa shape index (κ2) is 5.14. The van der Waals surface area contributed by atoms with Crippen molar-refractivity contribution in [3.63, 3.8) is 0 Å². The third-order valence-corrected chi connectivity index (χ3v) is 3.91. The van der Waals surface area contributed by atoms with E-state index in [1.165, 1.54) is 30.3 Å². The van der Waals surface area contributed by atoms with Crippen LogP contribution in [0.1, 0.15) is 0 Å². The van der Waals surface area contributed by atoms with Crippen LogP contribution in [0.4, 0.5) is 5.82 Å². The first-order valence-corrected chi connectivity index (χ1v) is 7.12. The lowest BCUT2D eigenvalue weighted by molar-refractivity contribution is 0.601. The van der Waals surface area contributed by atoms with Gasteiger partial charge < -0.3 is 0 Å². The molecule has 1 heterocycles. The summed E-state index contributed by atoms with van der Waals surface area (Å²) in [6.07, 6.45) is 0. The maximum absolute atomic E-state index is 12.0. The maximum atomic E-state index is 12.0. The molecular weight excluding hydrogens is 295 g/mol. The summed E-state index contributed by atoms with van der Waals surface area (Å²) >= 11 is 11.4. The molecule has 7 heteroatoms. The van der Waals surface area contributed by atoms with E-state index < -0.39 is 10.0 Å². The molecule has 1 N–H and O–H groups in total. The highest BCUT2D eigenvalue weighted by Gasteiger charge is 2.14. The predicted octanol–water partition coefficient (Wildman–Crippen LogP) is 3.19. The zero-order chi connectivity index (χ0) is 13.2. The quantitative estimate of drug-likeness (QED) is 0.886. The molecule has 0 atom stereocenters. The van der Waals surface area contributed by atoms with Crippen LogP contribution in [0, 0.1) is 0 Å². The molecule has 0 aliphatic rings. The van der Waals surface area contributed by atoms with Crippen LogP contribution in [0.2, 0.25) is 10.2 Å². The smallest absolute Gasteiger partial charge is 0.263 e. The Hall–Kier alpha value is -1.30. The van der Waals surface area contributed by atoms with Crippen molar-refractivity contribution >= 4 is 39.0 Å². The molecular formula is C11H8Cl2N2O2S. The van der Waals surface area contributed by atoms with Gasteiger partial charge in [-0.2, -0.15) is 0 Å². The Balaban J connectivity index is 2.30. The molecule has 0 fully saturated rings. The van der Waals surface area contributed by atoms with Crippen LogP contribution in [0.15, 0.2) is 47.4 Å². The minimum Gasteiger partial charge on any atom is -0.263 e. The lowest BCUT2D eigenvalue weighted by Gasteiger charge is -2.07. The van der Waals surface area contributed by atoms with Gasteiger partial charge in [-0.15, -0.1) is 0 Å². The highest BCUT2D eigenvalue weighted by molar-refractivity contribution is 7.92. The number of rotatable bonds is 3. The summed E-state index contributed by atoms with van der Waals surface area (Å²) in [5.41, 5.74) is 0. The lowest BCUT2D eigenvalue weighted by Crippen LogP contribution is -2.13. The van der Waals surface area contributed by atoms with E-state index >= 15 is 0 Å². The predicted molar refractivity (Wildman–Crippen MR) is 71.5 cm³/mol. The van der Waals surface area contributed by atoms with Gasteiger partial charge in [0.15, 0.2) is 0 Å². The van der Waals surface area contributed by atoms with Crippen molar-refractivity contribution in [1.29, 1.82) is 0 Å². The van der Waals surface area contributed by atoms with E-state index in [4.69, 9.17) is 23.2 Å². The fraction of sp³-hybridized carbons (Fsp3) is 0. The van der Waals surface area contributed by atoms with Crippen molar-refractivity contribution in [3.8, 4) is 0 Å². The van der Waals surface area contributed by atoms with Gasteiger partial charge in [0.2, 0.25) is 0 Å². The number of nitrogens with zero attached hydrogens (tertiary/aromatic N) is 1. The Kier molecular flexibility index (Phi) is 3.75. The van der Waals surface area contributed by atoms with E-state index in [-0.39, 0.29) is 15.9 Å². The molecule has 18 heavy (non-hydrogen) atoms. The summed E-state index contributed by atoms with van der Waals surface area (Å²) in [5.74, 6) is 0.164.